The Hall–Kier alpha value is -3.16. The molecule has 0 saturated carbocycles. The van der Waals surface area contributed by atoms with Gasteiger partial charge in [0.2, 0.25) is 5.69 Å². The molecule has 4 rings (SSSR count). The molecule has 0 saturated heterocycles. The quantitative estimate of drug-likeness (QED) is 0.704. The first kappa shape index (κ1) is 16.3. The van der Waals surface area contributed by atoms with Crippen molar-refractivity contribution in [2.45, 2.75) is 32.7 Å². The number of benzene rings is 1. The van der Waals surface area contributed by atoms with Crippen LogP contribution in [0.15, 0.2) is 50.9 Å². The molecule has 8 nitrogen and oxygen atoms in total. The van der Waals surface area contributed by atoms with Crippen LogP contribution in [0.1, 0.15) is 38.4 Å². The number of nitrogens with zero attached hydrogens (tertiary/aromatic N) is 1. The van der Waals surface area contributed by atoms with E-state index < -0.39 is 17.7 Å². The maximum Gasteiger partial charge on any atom is 0.433 e. The molecule has 2 heterocycles. The van der Waals surface area contributed by atoms with Crippen LogP contribution in [0.4, 0.5) is 4.79 Å². The number of rotatable bonds is 2. The van der Waals surface area contributed by atoms with Crippen LogP contribution in [0.25, 0.3) is 5.69 Å². The van der Waals surface area contributed by atoms with Crippen LogP contribution in [0.5, 0.6) is 0 Å². The molecule has 0 radical (unpaired) electrons. The first-order valence-electron chi connectivity index (χ1n) is 8.38. The second-order valence-electron chi connectivity index (χ2n) is 7.40. The molecule has 1 aliphatic heterocycles. The number of urea groups is 1. The lowest BCUT2D eigenvalue weighted by atomic mass is 9.73. The van der Waals surface area contributed by atoms with Gasteiger partial charge in [-0.2, -0.15) is 0 Å². The fraction of sp³-hybridized carbons (Fsp3) is 0.333. The van der Waals surface area contributed by atoms with E-state index >= 15 is 0 Å². The van der Waals surface area contributed by atoms with Crippen molar-refractivity contribution in [2.75, 3.05) is 0 Å². The Morgan fingerprint density at radius 2 is 1.85 bits per heavy atom. The Balaban J connectivity index is 1.88. The summed E-state index contributed by atoms with van der Waals surface area (Å²) in [6.45, 7) is 3.96. The fourth-order valence-electron chi connectivity index (χ4n) is 3.66. The van der Waals surface area contributed by atoms with E-state index in [2.05, 4.69) is 15.9 Å². The van der Waals surface area contributed by atoms with E-state index in [1.807, 2.05) is 32.0 Å². The minimum atomic E-state index is -0.870. The fourth-order valence-corrected chi connectivity index (χ4v) is 3.66. The lowest BCUT2D eigenvalue weighted by molar-refractivity contribution is -0.678. The summed E-state index contributed by atoms with van der Waals surface area (Å²) in [5.41, 5.74) is 0.924. The average Bonchev–Trinajstić information content (AvgIpc) is 2.94. The summed E-state index contributed by atoms with van der Waals surface area (Å²) in [6, 6.07) is 7.75. The molecule has 1 aromatic carbocycles. The van der Waals surface area contributed by atoms with Gasteiger partial charge in [0.25, 0.3) is 0 Å². The van der Waals surface area contributed by atoms with Crippen LogP contribution < -0.4 is 20.9 Å². The maximum atomic E-state index is 12.8. The van der Waals surface area contributed by atoms with E-state index in [0.29, 0.717) is 29.8 Å². The molecular weight excluding hydrogens is 336 g/mol. The second kappa shape index (κ2) is 5.69. The molecule has 0 spiro atoms. The number of Topliss-reactive ketones (excluding diaryl/α,β-unsaturated/α-hetero) is 1. The number of allylic oxidation sites excluding steroid dienone is 1. The molecule has 0 bridgehead atoms. The number of carbonyl (C=O) groups excluding carboxylic acids is 2. The van der Waals surface area contributed by atoms with Gasteiger partial charge in [-0.25, -0.2) is 9.59 Å². The molecule has 1 aromatic heterocycles. The lowest BCUT2D eigenvalue weighted by Gasteiger charge is -2.36. The Labute approximate surface area is 148 Å². The highest BCUT2D eigenvalue weighted by molar-refractivity contribution is 6.01. The molecule has 0 fully saturated rings. The first-order valence-corrected chi connectivity index (χ1v) is 8.38. The van der Waals surface area contributed by atoms with Gasteiger partial charge in [-0.3, -0.25) is 9.32 Å². The standard InChI is InChI=1S/C18H18N4O4/c1-18(2)8-11-13(12(23)9-18)14(20-17(25)19-11)15-16(24)26-21-22(15)10-6-4-3-5-7-10/h3-7,14H,8-9H2,1-2H3,(H2-,19,20,21,23,24,25)/p+1. The zero-order chi connectivity index (χ0) is 18.5. The molecule has 2 aromatic rings. The molecule has 1 unspecified atom stereocenters. The highest BCUT2D eigenvalue weighted by Gasteiger charge is 2.46. The predicted octanol–water partition coefficient (Wildman–Crippen LogP) is 1.24. The predicted molar refractivity (Wildman–Crippen MR) is 90.3 cm³/mol. The van der Waals surface area contributed by atoms with E-state index in [4.69, 9.17) is 4.52 Å². The van der Waals surface area contributed by atoms with Crippen LogP contribution in [0.3, 0.4) is 0 Å². The SMILES string of the molecule is CC1(C)CC(=O)C2=C(C1)NC(=O)NC2c1c(=O)o[nH][n+]1-c1ccccc1. The molecule has 2 amide bonds. The van der Waals surface area contributed by atoms with Gasteiger partial charge in [0.05, 0.1) is 0 Å². The van der Waals surface area contributed by atoms with Crippen molar-refractivity contribution in [3.63, 3.8) is 0 Å². The van der Waals surface area contributed by atoms with Crippen molar-refractivity contribution >= 4 is 11.8 Å². The van der Waals surface area contributed by atoms with Gasteiger partial charge in [-0.05, 0) is 21.8 Å². The van der Waals surface area contributed by atoms with Crippen LogP contribution in [0, 0.1) is 5.41 Å². The van der Waals surface area contributed by atoms with Crippen LogP contribution in [0.2, 0.25) is 0 Å². The number of aromatic nitrogens is 2. The molecule has 1 aliphatic carbocycles. The molecule has 3 N–H and O–H groups in total. The van der Waals surface area contributed by atoms with Gasteiger partial charge in [0.1, 0.15) is 0 Å². The smallest absolute Gasteiger partial charge is 0.320 e. The minimum absolute atomic E-state index is 0.0889. The van der Waals surface area contributed by atoms with E-state index in [1.54, 1.807) is 12.1 Å². The number of hydrogen-bond donors (Lipinski definition) is 3. The summed E-state index contributed by atoms with van der Waals surface area (Å²) in [5, 5.41) is 7.98. The normalized spacial score (nSPS) is 21.8. The zero-order valence-electron chi connectivity index (χ0n) is 14.5. The van der Waals surface area contributed by atoms with Crippen LogP contribution >= 0.6 is 0 Å². The average molecular weight is 355 g/mol. The van der Waals surface area contributed by atoms with Crippen molar-refractivity contribution in [1.82, 2.24) is 15.9 Å². The number of nitrogens with one attached hydrogen (secondary N) is 3. The molecule has 1 atom stereocenters. The van der Waals surface area contributed by atoms with Crippen molar-refractivity contribution in [3.8, 4) is 5.69 Å². The first-order chi connectivity index (χ1) is 12.4. The molecule has 26 heavy (non-hydrogen) atoms. The van der Waals surface area contributed by atoms with Gasteiger partial charge in [0, 0.05) is 29.8 Å². The third kappa shape index (κ3) is 2.63. The van der Waals surface area contributed by atoms with Crippen molar-refractivity contribution < 1.29 is 18.8 Å². The van der Waals surface area contributed by atoms with Gasteiger partial charge >= 0.3 is 17.4 Å². The number of aromatic amines is 1. The van der Waals surface area contributed by atoms with E-state index in [9.17, 15) is 14.4 Å². The van der Waals surface area contributed by atoms with Crippen molar-refractivity contribution in [2.24, 2.45) is 5.41 Å². The Bertz CT molecular complexity index is 984. The minimum Gasteiger partial charge on any atom is -0.320 e. The third-order valence-electron chi connectivity index (χ3n) is 4.72. The number of amides is 2. The van der Waals surface area contributed by atoms with Crippen molar-refractivity contribution in [1.29, 1.82) is 0 Å². The number of carbonyl (C=O) groups is 2. The highest BCUT2D eigenvalue weighted by Crippen LogP contribution is 2.40. The summed E-state index contributed by atoms with van der Waals surface area (Å²) in [7, 11) is 0. The second-order valence-corrected chi connectivity index (χ2v) is 7.40. The van der Waals surface area contributed by atoms with Crippen LogP contribution in [-0.2, 0) is 4.79 Å². The monoisotopic (exact) mass is 355 g/mol. The van der Waals surface area contributed by atoms with E-state index in [1.165, 1.54) is 4.68 Å². The molecule has 2 aliphatic rings. The maximum absolute atomic E-state index is 12.8. The summed E-state index contributed by atoms with van der Waals surface area (Å²) < 4.78 is 6.43. The largest absolute Gasteiger partial charge is 0.433 e. The highest BCUT2D eigenvalue weighted by atomic mass is 16.5. The Morgan fingerprint density at radius 1 is 1.12 bits per heavy atom. The number of para-hydroxylation sites is 1. The Morgan fingerprint density at radius 3 is 2.58 bits per heavy atom. The van der Waals surface area contributed by atoms with Crippen molar-refractivity contribution in [3.05, 3.63) is 57.7 Å². The summed E-state index contributed by atoms with van der Waals surface area (Å²) in [5.74, 6) is -0.0889. The van der Waals surface area contributed by atoms with Gasteiger partial charge in [0.15, 0.2) is 11.8 Å². The molecule has 134 valence electrons. The summed E-state index contributed by atoms with van der Waals surface area (Å²) in [6.07, 6.45) is 0.903. The number of ketones is 1. The van der Waals surface area contributed by atoms with Gasteiger partial charge < -0.3 is 10.6 Å². The van der Waals surface area contributed by atoms with E-state index in [-0.39, 0.29) is 16.9 Å². The number of hydrogen-bond acceptors (Lipinski definition) is 4. The van der Waals surface area contributed by atoms with E-state index in [0.717, 1.165) is 0 Å². The summed E-state index contributed by atoms with van der Waals surface area (Å²) in [4.78, 5) is 37.4. The Kier molecular flexibility index (Phi) is 3.57. The van der Waals surface area contributed by atoms with Gasteiger partial charge in [-0.1, -0.05) is 32.0 Å². The topological polar surface area (TPSA) is 108 Å². The zero-order valence-corrected chi connectivity index (χ0v) is 14.5. The third-order valence-corrected chi connectivity index (χ3v) is 4.72. The van der Waals surface area contributed by atoms with Crippen LogP contribution in [-0.4, -0.2) is 17.1 Å². The molecule has 8 heteroatoms. The number of H-pyrrole nitrogens is 1. The lowest BCUT2D eigenvalue weighted by Crippen LogP contribution is -2.53. The summed E-state index contributed by atoms with van der Waals surface area (Å²) >= 11 is 0. The molecular formula is C18H19N4O4+. The van der Waals surface area contributed by atoms with Gasteiger partial charge in [-0.15, -0.1) is 0 Å².